The number of carbonyl (C=O) groups excluding carboxylic acids is 1. The van der Waals surface area contributed by atoms with Crippen LogP contribution in [0.3, 0.4) is 0 Å². The van der Waals surface area contributed by atoms with Gasteiger partial charge in [0.25, 0.3) is 5.91 Å². The van der Waals surface area contributed by atoms with E-state index in [-0.39, 0.29) is 17.9 Å². The predicted octanol–water partition coefficient (Wildman–Crippen LogP) is 2.23. The molecule has 0 bridgehead atoms. The van der Waals surface area contributed by atoms with Crippen LogP contribution in [-0.2, 0) is 0 Å². The normalized spacial score (nSPS) is 11.1. The van der Waals surface area contributed by atoms with E-state index in [2.05, 4.69) is 5.32 Å². The third kappa shape index (κ3) is 4.11. The van der Waals surface area contributed by atoms with Gasteiger partial charge in [0.05, 0.1) is 20.8 Å². The zero-order chi connectivity index (χ0) is 15.9. The Hall–Kier alpha value is -1.75. The number of aliphatic hydroxyl groups is 1. The summed E-state index contributed by atoms with van der Waals surface area (Å²) in [6.07, 6.45) is 1.62. The highest BCUT2D eigenvalue weighted by Gasteiger charge is 2.26. The first kappa shape index (κ1) is 17.3. The van der Waals surface area contributed by atoms with Gasteiger partial charge in [-0.05, 0) is 31.0 Å². The van der Waals surface area contributed by atoms with Crippen LogP contribution in [0.4, 0.5) is 0 Å². The molecule has 1 aromatic rings. The van der Waals surface area contributed by atoms with Gasteiger partial charge in [-0.2, -0.15) is 0 Å². The van der Waals surface area contributed by atoms with Crippen molar-refractivity contribution < 1.29 is 19.4 Å². The fourth-order valence-corrected chi connectivity index (χ4v) is 2.13. The summed E-state index contributed by atoms with van der Waals surface area (Å²) < 4.78 is 10.3. The lowest BCUT2D eigenvalue weighted by molar-refractivity contribution is 0.0850. The number of benzene rings is 1. The summed E-state index contributed by atoms with van der Waals surface area (Å²) in [4.78, 5) is 12.2. The quantitative estimate of drug-likeness (QED) is 0.772. The van der Waals surface area contributed by atoms with Crippen molar-refractivity contribution in [3.8, 4) is 11.5 Å². The van der Waals surface area contributed by atoms with E-state index in [9.17, 15) is 9.90 Å². The Morgan fingerprint density at radius 3 is 2.29 bits per heavy atom. The number of carbonyl (C=O) groups is 1. The van der Waals surface area contributed by atoms with Crippen LogP contribution < -0.4 is 14.8 Å². The van der Waals surface area contributed by atoms with E-state index in [0.717, 1.165) is 12.8 Å². The van der Waals surface area contributed by atoms with Crippen molar-refractivity contribution in [3.05, 3.63) is 23.8 Å². The topological polar surface area (TPSA) is 67.8 Å². The fourth-order valence-electron chi connectivity index (χ4n) is 2.13. The average Bonchev–Trinajstić information content (AvgIpc) is 2.55. The molecule has 118 valence electrons. The molecule has 1 amide bonds. The molecular formula is C16H25NO4. The Labute approximate surface area is 126 Å². The number of nitrogens with one attached hydrogen (secondary N) is 1. The predicted molar refractivity (Wildman–Crippen MR) is 82.0 cm³/mol. The summed E-state index contributed by atoms with van der Waals surface area (Å²) in [5, 5.41) is 12.4. The number of methoxy groups -OCH3 is 2. The number of rotatable bonds is 8. The molecule has 0 aliphatic heterocycles. The fraction of sp³-hybridized carbons (Fsp3) is 0.562. The van der Waals surface area contributed by atoms with Crippen molar-refractivity contribution in [2.24, 2.45) is 5.41 Å². The van der Waals surface area contributed by atoms with E-state index in [4.69, 9.17) is 9.47 Å². The molecule has 0 saturated heterocycles. The molecule has 0 spiro atoms. The maximum absolute atomic E-state index is 12.2. The first-order chi connectivity index (χ1) is 10.1. The van der Waals surface area contributed by atoms with Gasteiger partial charge in [-0.1, -0.05) is 13.8 Å². The van der Waals surface area contributed by atoms with Gasteiger partial charge in [0, 0.05) is 17.5 Å². The lowest BCUT2D eigenvalue weighted by Gasteiger charge is -2.29. The molecule has 0 heterocycles. The number of aliphatic hydroxyl groups excluding tert-OH is 1. The SMILES string of the molecule is CCC(CC)(CO)CNC(=O)c1ccc(OC)c(OC)c1. The number of hydrogen-bond donors (Lipinski definition) is 2. The van der Waals surface area contributed by atoms with E-state index in [1.165, 1.54) is 7.11 Å². The molecule has 21 heavy (non-hydrogen) atoms. The summed E-state index contributed by atoms with van der Waals surface area (Å²) in [7, 11) is 3.08. The molecule has 1 rings (SSSR count). The van der Waals surface area contributed by atoms with Gasteiger partial charge >= 0.3 is 0 Å². The minimum Gasteiger partial charge on any atom is -0.493 e. The van der Waals surface area contributed by atoms with Gasteiger partial charge < -0.3 is 19.9 Å². The molecular weight excluding hydrogens is 270 g/mol. The third-order valence-electron chi connectivity index (χ3n) is 4.11. The molecule has 0 saturated carbocycles. The van der Waals surface area contributed by atoms with Crippen molar-refractivity contribution in [2.45, 2.75) is 26.7 Å². The Balaban J connectivity index is 2.80. The van der Waals surface area contributed by atoms with Gasteiger partial charge in [-0.25, -0.2) is 0 Å². The maximum Gasteiger partial charge on any atom is 0.251 e. The molecule has 0 atom stereocenters. The van der Waals surface area contributed by atoms with E-state index in [1.54, 1.807) is 25.3 Å². The minimum absolute atomic E-state index is 0.0617. The van der Waals surface area contributed by atoms with Crippen LogP contribution in [0.25, 0.3) is 0 Å². The zero-order valence-corrected chi connectivity index (χ0v) is 13.2. The molecule has 0 unspecified atom stereocenters. The van der Waals surface area contributed by atoms with Crippen LogP contribution in [-0.4, -0.2) is 38.4 Å². The summed E-state index contributed by atoms with van der Waals surface area (Å²) in [5.74, 6) is 0.918. The van der Waals surface area contributed by atoms with Gasteiger partial charge in [0.2, 0.25) is 0 Å². The summed E-state index contributed by atoms with van der Waals surface area (Å²) in [5.41, 5.74) is 0.248. The minimum atomic E-state index is -0.258. The van der Waals surface area contributed by atoms with Crippen LogP contribution >= 0.6 is 0 Å². The van der Waals surface area contributed by atoms with Gasteiger partial charge in [0.15, 0.2) is 11.5 Å². The van der Waals surface area contributed by atoms with E-state index in [0.29, 0.717) is 23.6 Å². The molecule has 2 N–H and O–H groups in total. The summed E-state index contributed by atoms with van der Waals surface area (Å²) >= 11 is 0. The molecule has 0 aliphatic carbocycles. The second-order valence-electron chi connectivity index (χ2n) is 5.12. The highest BCUT2D eigenvalue weighted by atomic mass is 16.5. The summed E-state index contributed by atoms with van der Waals surface area (Å²) in [6, 6.07) is 5.04. The molecule has 5 heteroatoms. The van der Waals surface area contributed by atoms with Crippen molar-refractivity contribution in [2.75, 3.05) is 27.4 Å². The Bertz CT molecular complexity index is 461. The van der Waals surface area contributed by atoms with Crippen molar-refractivity contribution in [3.63, 3.8) is 0 Å². The first-order valence-electron chi connectivity index (χ1n) is 7.17. The number of amides is 1. The maximum atomic E-state index is 12.2. The number of ether oxygens (including phenoxy) is 2. The monoisotopic (exact) mass is 295 g/mol. The molecule has 5 nitrogen and oxygen atoms in total. The van der Waals surface area contributed by atoms with Crippen molar-refractivity contribution in [1.82, 2.24) is 5.32 Å². The first-order valence-corrected chi connectivity index (χ1v) is 7.17. The lowest BCUT2D eigenvalue weighted by Crippen LogP contribution is -2.39. The van der Waals surface area contributed by atoms with Crippen LogP contribution in [0.1, 0.15) is 37.0 Å². The van der Waals surface area contributed by atoms with Crippen LogP contribution in [0.2, 0.25) is 0 Å². The van der Waals surface area contributed by atoms with Gasteiger partial charge in [0.1, 0.15) is 0 Å². The summed E-state index contributed by atoms with van der Waals surface area (Å²) in [6.45, 7) is 4.54. The van der Waals surface area contributed by atoms with Crippen LogP contribution in [0.5, 0.6) is 11.5 Å². The van der Waals surface area contributed by atoms with Crippen LogP contribution in [0, 0.1) is 5.41 Å². The number of hydrogen-bond acceptors (Lipinski definition) is 4. The molecule has 0 aliphatic rings. The highest BCUT2D eigenvalue weighted by Crippen LogP contribution is 2.28. The zero-order valence-electron chi connectivity index (χ0n) is 13.2. The van der Waals surface area contributed by atoms with Crippen LogP contribution in [0.15, 0.2) is 18.2 Å². The highest BCUT2D eigenvalue weighted by molar-refractivity contribution is 5.94. The molecule has 1 aromatic carbocycles. The Kier molecular flexibility index (Phi) is 6.49. The Morgan fingerprint density at radius 1 is 1.19 bits per heavy atom. The van der Waals surface area contributed by atoms with E-state index >= 15 is 0 Å². The van der Waals surface area contributed by atoms with Crippen molar-refractivity contribution >= 4 is 5.91 Å². The second-order valence-corrected chi connectivity index (χ2v) is 5.12. The van der Waals surface area contributed by atoms with E-state index < -0.39 is 0 Å². The third-order valence-corrected chi connectivity index (χ3v) is 4.11. The van der Waals surface area contributed by atoms with Crippen molar-refractivity contribution in [1.29, 1.82) is 0 Å². The lowest BCUT2D eigenvalue weighted by atomic mass is 9.83. The molecule has 0 radical (unpaired) electrons. The van der Waals surface area contributed by atoms with Gasteiger partial charge in [-0.15, -0.1) is 0 Å². The van der Waals surface area contributed by atoms with Gasteiger partial charge in [-0.3, -0.25) is 4.79 Å². The van der Waals surface area contributed by atoms with E-state index in [1.807, 2.05) is 13.8 Å². The largest absolute Gasteiger partial charge is 0.493 e. The molecule has 0 aromatic heterocycles. The standard InChI is InChI=1S/C16H25NO4/c1-5-16(6-2,11-18)10-17-15(19)12-7-8-13(20-3)14(9-12)21-4/h7-9,18H,5-6,10-11H2,1-4H3,(H,17,19). The molecule has 0 fully saturated rings. The smallest absolute Gasteiger partial charge is 0.251 e. The Morgan fingerprint density at radius 2 is 1.81 bits per heavy atom. The second kappa shape index (κ2) is 7.88. The average molecular weight is 295 g/mol.